The summed E-state index contributed by atoms with van der Waals surface area (Å²) in [6.45, 7) is 1.91. The fraction of sp³-hybridized carbons (Fsp3) is 0.643. The highest BCUT2D eigenvalue weighted by Gasteiger charge is 2.36. The van der Waals surface area contributed by atoms with Crippen LogP contribution in [0.1, 0.15) is 23.4 Å². The molecule has 126 valence electrons. The Bertz CT molecular complexity index is 642. The van der Waals surface area contributed by atoms with Crippen molar-refractivity contribution in [1.82, 2.24) is 15.1 Å². The number of alkyl halides is 3. The molecular weight excluding hydrogens is 329 g/mol. The van der Waals surface area contributed by atoms with Gasteiger partial charge in [-0.05, 0) is 26.0 Å². The molecule has 0 bridgehead atoms. The maximum absolute atomic E-state index is 12.5. The summed E-state index contributed by atoms with van der Waals surface area (Å²) in [6, 6.07) is 2.14. The van der Waals surface area contributed by atoms with Crippen LogP contribution in [0.4, 0.5) is 13.2 Å². The molecule has 0 aromatic carbocycles. The molecule has 0 spiro atoms. The van der Waals surface area contributed by atoms with Gasteiger partial charge >= 0.3 is 6.18 Å². The van der Waals surface area contributed by atoms with Crippen molar-refractivity contribution in [3.05, 3.63) is 17.0 Å². The zero-order valence-corrected chi connectivity index (χ0v) is 13.6. The quantitative estimate of drug-likeness (QED) is 0.907. The van der Waals surface area contributed by atoms with Gasteiger partial charge in [0.25, 0.3) is 0 Å². The summed E-state index contributed by atoms with van der Waals surface area (Å²) < 4.78 is 38.4. The van der Waals surface area contributed by atoms with Crippen LogP contribution in [0, 0.1) is 25.2 Å². The van der Waals surface area contributed by atoms with Gasteiger partial charge in [-0.15, -0.1) is 0 Å². The minimum Gasteiger partial charge on any atom is -0.337 e. The molecule has 1 amide bonds. The first-order valence-electron chi connectivity index (χ1n) is 7.05. The van der Waals surface area contributed by atoms with Crippen molar-refractivity contribution >= 4 is 17.7 Å². The molecule has 5 nitrogen and oxygen atoms in total. The summed E-state index contributed by atoms with van der Waals surface area (Å²) in [7, 11) is 0. The molecule has 1 aromatic rings. The number of hydrogen-bond donors (Lipinski definition) is 1. The summed E-state index contributed by atoms with van der Waals surface area (Å²) in [5.74, 6) is 0.961. The lowest BCUT2D eigenvalue weighted by Gasteiger charge is -2.21. The Morgan fingerprint density at radius 2 is 2.22 bits per heavy atom. The number of amides is 1. The van der Waals surface area contributed by atoms with Crippen LogP contribution in [0.25, 0.3) is 0 Å². The predicted octanol–water partition coefficient (Wildman–Crippen LogP) is 2.12. The zero-order chi connectivity index (χ0) is 17.3. The molecule has 1 fully saturated rings. The highest BCUT2D eigenvalue weighted by atomic mass is 32.2. The fourth-order valence-electron chi connectivity index (χ4n) is 2.56. The number of carbonyl (C=O) groups excluding carboxylic acids is 1. The van der Waals surface area contributed by atoms with E-state index in [-0.39, 0.29) is 12.3 Å². The number of hydrogen-bond acceptors (Lipinski definition) is 4. The van der Waals surface area contributed by atoms with Crippen LogP contribution in [0.5, 0.6) is 0 Å². The van der Waals surface area contributed by atoms with Crippen LogP contribution in [0.2, 0.25) is 0 Å². The fourth-order valence-corrected chi connectivity index (χ4v) is 3.83. The average molecular weight is 346 g/mol. The van der Waals surface area contributed by atoms with E-state index in [9.17, 15) is 23.2 Å². The number of aromatic nitrogens is 2. The van der Waals surface area contributed by atoms with Crippen LogP contribution in [0.3, 0.4) is 0 Å². The van der Waals surface area contributed by atoms with Gasteiger partial charge in [-0.1, -0.05) is 0 Å². The van der Waals surface area contributed by atoms with E-state index in [1.54, 1.807) is 18.7 Å². The largest absolute Gasteiger partial charge is 0.408 e. The van der Waals surface area contributed by atoms with E-state index in [1.165, 1.54) is 6.92 Å². The normalized spacial score (nSPS) is 21.2. The van der Waals surface area contributed by atoms with Crippen molar-refractivity contribution in [2.24, 2.45) is 0 Å². The van der Waals surface area contributed by atoms with Gasteiger partial charge in [-0.25, -0.2) is 0 Å². The number of aryl methyl sites for hydroxylation is 1. The molecule has 9 heteroatoms. The van der Waals surface area contributed by atoms with Gasteiger partial charge in [0.05, 0.1) is 18.2 Å². The lowest BCUT2D eigenvalue weighted by Crippen LogP contribution is -2.48. The van der Waals surface area contributed by atoms with E-state index in [2.05, 4.69) is 16.5 Å². The SMILES string of the molecule is Cc1nn(CC(F)(F)F)c(C)c1CC(=O)NC1(C#N)CCSC1. The molecule has 1 aliphatic rings. The highest BCUT2D eigenvalue weighted by Crippen LogP contribution is 2.27. The van der Waals surface area contributed by atoms with Crippen molar-refractivity contribution in [3.63, 3.8) is 0 Å². The predicted molar refractivity (Wildman–Crippen MR) is 79.9 cm³/mol. The Balaban J connectivity index is 2.11. The maximum atomic E-state index is 12.5. The van der Waals surface area contributed by atoms with E-state index >= 15 is 0 Å². The Labute approximate surface area is 136 Å². The van der Waals surface area contributed by atoms with Crippen LogP contribution < -0.4 is 5.32 Å². The molecular formula is C14H17F3N4OS. The van der Waals surface area contributed by atoms with Gasteiger partial charge in [-0.3, -0.25) is 9.48 Å². The molecule has 1 N–H and O–H groups in total. The van der Waals surface area contributed by atoms with Gasteiger partial charge < -0.3 is 5.32 Å². The molecule has 1 saturated heterocycles. The van der Waals surface area contributed by atoms with E-state index in [4.69, 9.17) is 0 Å². The van der Waals surface area contributed by atoms with Gasteiger partial charge in [-0.2, -0.15) is 35.3 Å². The molecule has 1 unspecified atom stereocenters. The Hall–Kier alpha value is -1.69. The first-order valence-corrected chi connectivity index (χ1v) is 8.21. The first-order chi connectivity index (χ1) is 10.7. The van der Waals surface area contributed by atoms with E-state index in [0.29, 0.717) is 29.1 Å². The standard InChI is InChI=1S/C14H17F3N4OS/c1-9-11(10(2)21(20-9)7-14(15,16)17)5-12(22)19-13(6-18)3-4-23-8-13/h3-5,7-8H2,1-2H3,(H,19,22). The third-order valence-electron chi connectivity index (χ3n) is 3.81. The van der Waals surface area contributed by atoms with Gasteiger partial charge in [0, 0.05) is 17.0 Å². The second-order valence-electron chi connectivity index (χ2n) is 5.64. The summed E-state index contributed by atoms with van der Waals surface area (Å²) in [5.41, 5.74) is 0.326. The number of nitriles is 1. The van der Waals surface area contributed by atoms with Crippen LogP contribution in [-0.4, -0.2) is 38.9 Å². The lowest BCUT2D eigenvalue weighted by atomic mass is 10.0. The molecule has 0 aliphatic carbocycles. The van der Waals surface area contributed by atoms with Crippen molar-refractivity contribution in [3.8, 4) is 6.07 Å². The smallest absolute Gasteiger partial charge is 0.337 e. The van der Waals surface area contributed by atoms with Gasteiger partial charge in [0.2, 0.25) is 5.91 Å². The molecule has 2 heterocycles. The third-order valence-corrected chi connectivity index (χ3v) is 5.00. The topological polar surface area (TPSA) is 70.7 Å². The van der Waals surface area contributed by atoms with Crippen molar-refractivity contribution in [1.29, 1.82) is 5.26 Å². The van der Waals surface area contributed by atoms with Crippen molar-refractivity contribution < 1.29 is 18.0 Å². The Morgan fingerprint density at radius 3 is 2.74 bits per heavy atom. The number of nitrogens with zero attached hydrogens (tertiary/aromatic N) is 3. The number of thioether (sulfide) groups is 1. The van der Waals surface area contributed by atoms with Gasteiger partial charge in [0.1, 0.15) is 12.1 Å². The molecule has 1 aromatic heterocycles. The lowest BCUT2D eigenvalue weighted by molar-refractivity contribution is -0.143. The van der Waals surface area contributed by atoms with E-state index in [0.717, 1.165) is 10.4 Å². The second kappa shape index (κ2) is 6.43. The summed E-state index contributed by atoms with van der Waals surface area (Å²) >= 11 is 1.59. The number of carbonyl (C=O) groups is 1. The molecule has 0 radical (unpaired) electrons. The third kappa shape index (κ3) is 4.19. The number of halogens is 3. The molecule has 0 saturated carbocycles. The molecule has 2 rings (SSSR count). The minimum absolute atomic E-state index is 0.0797. The summed E-state index contributed by atoms with van der Waals surface area (Å²) in [5, 5.41) is 15.8. The van der Waals surface area contributed by atoms with E-state index < -0.39 is 18.3 Å². The van der Waals surface area contributed by atoms with Crippen molar-refractivity contribution in [2.45, 2.75) is 44.9 Å². The summed E-state index contributed by atoms with van der Waals surface area (Å²) in [6.07, 6.45) is -3.87. The Morgan fingerprint density at radius 1 is 1.52 bits per heavy atom. The molecule has 1 aliphatic heterocycles. The number of nitrogens with one attached hydrogen (secondary N) is 1. The van der Waals surface area contributed by atoms with Crippen molar-refractivity contribution in [2.75, 3.05) is 11.5 Å². The van der Waals surface area contributed by atoms with E-state index in [1.807, 2.05) is 0 Å². The Kier molecular flexibility index (Phi) is 4.94. The second-order valence-corrected chi connectivity index (χ2v) is 6.75. The average Bonchev–Trinajstić information content (AvgIpc) is 2.99. The zero-order valence-electron chi connectivity index (χ0n) is 12.8. The highest BCUT2D eigenvalue weighted by molar-refractivity contribution is 7.99. The van der Waals surface area contributed by atoms with Gasteiger partial charge in [0.15, 0.2) is 0 Å². The van der Waals surface area contributed by atoms with Crippen LogP contribution in [-0.2, 0) is 17.8 Å². The summed E-state index contributed by atoms with van der Waals surface area (Å²) in [4.78, 5) is 12.2. The van der Waals surface area contributed by atoms with Crippen LogP contribution in [0.15, 0.2) is 0 Å². The van der Waals surface area contributed by atoms with Crippen LogP contribution >= 0.6 is 11.8 Å². The maximum Gasteiger partial charge on any atom is 0.408 e. The minimum atomic E-state index is -4.37. The molecule has 1 atom stereocenters. The monoisotopic (exact) mass is 346 g/mol. The molecule has 23 heavy (non-hydrogen) atoms. The first kappa shape index (κ1) is 17.7. The number of rotatable bonds is 4.